The zero-order chi connectivity index (χ0) is 11.3. The molecule has 1 aromatic heterocycles. The Morgan fingerprint density at radius 2 is 2.33 bits per heavy atom. The van der Waals surface area contributed by atoms with Gasteiger partial charge in [0.25, 0.3) is 0 Å². The fraction of sp³-hybridized carbons (Fsp3) is 0.200. The van der Waals surface area contributed by atoms with E-state index in [2.05, 4.69) is 4.98 Å². The highest BCUT2D eigenvalue weighted by molar-refractivity contribution is 8.13. The maximum atomic E-state index is 12.7. The molecule has 0 atom stereocenters. The molecule has 0 spiro atoms. The van der Waals surface area contributed by atoms with E-state index in [4.69, 9.17) is 0 Å². The van der Waals surface area contributed by atoms with Crippen LogP contribution in [0.5, 0.6) is 0 Å². The third kappa shape index (κ3) is 4.20. The molecule has 1 heterocycles. The van der Waals surface area contributed by atoms with Crippen molar-refractivity contribution in [3.05, 3.63) is 35.7 Å². The Bertz CT molecular complexity index is 393. The number of hydrogen-bond donors (Lipinski definition) is 0. The molecule has 0 aliphatic heterocycles. The molecule has 0 saturated carbocycles. The van der Waals surface area contributed by atoms with Gasteiger partial charge in [0.1, 0.15) is 0 Å². The highest BCUT2D eigenvalue weighted by Crippen LogP contribution is 2.08. The van der Waals surface area contributed by atoms with E-state index in [0.29, 0.717) is 11.3 Å². The Hall–Kier alpha value is -1.23. The number of carbonyl (C=O) groups excluding carboxylic acids is 1. The van der Waals surface area contributed by atoms with Crippen molar-refractivity contribution in [3.63, 3.8) is 0 Å². The molecule has 0 radical (unpaired) electrons. The first-order valence-electron chi connectivity index (χ1n) is 4.20. The molecule has 1 aromatic rings. The zero-order valence-corrected chi connectivity index (χ0v) is 8.85. The summed E-state index contributed by atoms with van der Waals surface area (Å²) in [5.74, 6) is -1.57. The highest BCUT2D eigenvalue weighted by atomic mass is 32.2. The van der Waals surface area contributed by atoms with Gasteiger partial charge in [-0.1, -0.05) is 23.9 Å². The van der Waals surface area contributed by atoms with E-state index in [1.54, 1.807) is 12.2 Å². The van der Waals surface area contributed by atoms with Gasteiger partial charge >= 0.3 is 0 Å². The minimum absolute atomic E-state index is 0.0167. The fourth-order valence-electron chi connectivity index (χ4n) is 0.877. The number of halogens is 2. The van der Waals surface area contributed by atoms with Crippen LogP contribution in [0.1, 0.15) is 12.5 Å². The standard InChI is InChI=1S/C10H9F2NOS/c1-7(14)15-4-2-3-8-5-9(11)10(12)13-6-8/h2-3,5-6H,4H2,1H3. The van der Waals surface area contributed by atoms with Crippen molar-refractivity contribution in [2.24, 2.45) is 0 Å². The van der Waals surface area contributed by atoms with Crippen LogP contribution in [0.25, 0.3) is 6.08 Å². The van der Waals surface area contributed by atoms with Gasteiger partial charge in [0, 0.05) is 18.9 Å². The molecule has 2 nitrogen and oxygen atoms in total. The molecular formula is C10H9F2NOS. The maximum absolute atomic E-state index is 12.7. The average molecular weight is 229 g/mol. The first kappa shape index (κ1) is 11.8. The Labute approximate surface area is 90.4 Å². The molecule has 0 bridgehead atoms. The van der Waals surface area contributed by atoms with E-state index in [1.807, 2.05) is 0 Å². The lowest BCUT2D eigenvalue weighted by Gasteiger charge is -1.94. The second-order valence-corrected chi connectivity index (χ2v) is 3.94. The van der Waals surface area contributed by atoms with Crippen LogP contribution in [-0.2, 0) is 4.79 Å². The fourth-order valence-corrected chi connectivity index (χ4v) is 1.30. The van der Waals surface area contributed by atoms with Crippen LogP contribution >= 0.6 is 11.8 Å². The molecule has 0 aromatic carbocycles. The Morgan fingerprint density at radius 3 is 2.93 bits per heavy atom. The summed E-state index contributed by atoms with van der Waals surface area (Å²) in [5, 5.41) is 0.0167. The molecule has 0 saturated heterocycles. The van der Waals surface area contributed by atoms with Crippen molar-refractivity contribution in [2.45, 2.75) is 6.92 Å². The minimum Gasteiger partial charge on any atom is -0.288 e. The van der Waals surface area contributed by atoms with Gasteiger partial charge in [0.05, 0.1) is 0 Å². The summed E-state index contributed by atoms with van der Waals surface area (Å²) >= 11 is 1.14. The molecule has 1 rings (SSSR count). The molecule has 0 N–H and O–H groups in total. The number of nitrogens with zero attached hydrogens (tertiary/aromatic N) is 1. The quantitative estimate of drug-likeness (QED) is 0.746. The lowest BCUT2D eigenvalue weighted by atomic mass is 10.2. The second-order valence-electron chi connectivity index (χ2n) is 2.75. The molecule has 0 unspecified atom stereocenters. The van der Waals surface area contributed by atoms with Gasteiger partial charge in [0.2, 0.25) is 5.95 Å². The molecule has 5 heteroatoms. The van der Waals surface area contributed by atoms with Gasteiger partial charge in [-0.15, -0.1) is 0 Å². The Morgan fingerprint density at radius 1 is 1.60 bits per heavy atom. The Kier molecular flexibility index (Phi) is 4.42. The van der Waals surface area contributed by atoms with Gasteiger partial charge in [-0.25, -0.2) is 9.37 Å². The number of carbonyl (C=O) groups is 1. The zero-order valence-electron chi connectivity index (χ0n) is 8.04. The van der Waals surface area contributed by atoms with E-state index >= 15 is 0 Å². The van der Waals surface area contributed by atoms with Crippen molar-refractivity contribution < 1.29 is 13.6 Å². The summed E-state index contributed by atoms with van der Waals surface area (Å²) in [6.07, 6.45) is 4.51. The molecular weight excluding hydrogens is 220 g/mol. The normalized spacial score (nSPS) is 10.9. The van der Waals surface area contributed by atoms with Gasteiger partial charge in [-0.2, -0.15) is 4.39 Å². The van der Waals surface area contributed by atoms with E-state index in [1.165, 1.54) is 13.1 Å². The smallest absolute Gasteiger partial charge is 0.248 e. The van der Waals surface area contributed by atoms with Crippen molar-refractivity contribution in [2.75, 3.05) is 5.75 Å². The Balaban J connectivity index is 2.57. The van der Waals surface area contributed by atoms with E-state index in [9.17, 15) is 13.6 Å². The molecule has 0 aliphatic carbocycles. The van der Waals surface area contributed by atoms with Crippen molar-refractivity contribution in [3.8, 4) is 0 Å². The SMILES string of the molecule is CC(=O)SCC=Cc1cnc(F)c(F)c1. The van der Waals surface area contributed by atoms with E-state index in [-0.39, 0.29) is 5.12 Å². The third-order valence-corrected chi connectivity index (χ3v) is 2.28. The average Bonchev–Trinajstić information content (AvgIpc) is 2.18. The van der Waals surface area contributed by atoms with Crippen molar-refractivity contribution in [1.29, 1.82) is 0 Å². The summed E-state index contributed by atoms with van der Waals surface area (Å²) in [6, 6.07) is 1.05. The van der Waals surface area contributed by atoms with Crippen molar-refractivity contribution >= 4 is 23.0 Å². The highest BCUT2D eigenvalue weighted by Gasteiger charge is 2.01. The van der Waals surface area contributed by atoms with Crippen LogP contribution in [-0.4, -0.2) is 15.9 Å². The molecule has 0 aliphatic rings. The molecule has 0 fully saturated rings. The summed E-state index contributed by atoms with van der Waals surface area (Å²) < 4.78 is 25.1. The number of rotatable bonds is 3. The number of hydrogen-bond acceptors (Lipinski definition) is 3. The lowest BCUT2D eigenvalue weighted by molar-refractivity contribution is -0.109. The van der Waals surface area contributed by atoms with Crippen LogP contribution < -0.4 is 0 Å². The maximum Gasteiger partial charge on any atom is 0.248 e. The number of aromatic nitrogens is 1. The summed E-state index contributed by atoms with van der Waals surface area (Å²) in [6.45, 7) is 1.47. The van der Waals surface area contributed by atoms with Crippen LogP contribution in [0.3, 0.4) is 0 Å². The molecule has 15 heavy (non-hydrogen) atoms. The monoisotopic (exact) mass is 229 g/mol. The summed E-state index contributed by atoms with van der Waals surface area (Å²) in [7, 11) is 0. The van der Waals surface area contributed by atoms with Crippen LogP contribution in [0.15, 0.2) is 18.3 Å². The minimum atomic E-state index is -1.11. The number of pyridine rings is 1. The first-order valence-corrected chi connectivity index (χ1v) is 5.19. The van der Waals surface area contributed by atoms with Gasteiger partial charge in [-0.3, -0.25) is 4.79 Å². The van der Waals surface area contributed by atoms with Gasteiger partial charge < -0.3 is 0 Å². The van der Waals surface area contributed by atoms with Crippen LogP contribution in [0.4, 0.5) is 8.78 Å². The molecule has 0 amide bonds. The second kappa shape index (κ2) is 5.60. The van der Waals surface area contributed by atoms with Crippen LogP contribution in [0.2, 0.25) is 0 Å². The van der Waals surface area contributed by atoms with E-state index < -0.39 is 11.8 Å². The summed E-state index contributed by atoms with van der Waals surface area (Å²) in [4.78, 5) is 13.8. The van der Waals surface area contributed by atoms with Gasteiger partial charge in [-0.05, 0) is 11.6 Å². The van der Waals surface area contributed by atoms with Crippen LogP contribution in [0, 0.1) is 11.8 Å². The van der Waals surface area contributed by atoms with Crippen molar-refractivity contribution in [1.82, 2.24) is 4.98 Å². The predicted molar refractivity (Wildman–Crippen MR) is 56.3 cm³/mol. The lowest BCUT2D eigenvalue weighted by Crippen LogP contribution is -1.89. The predicted octanol–water partition coefficient (Wildman–Crippen LogP) is 2.65. The van der Waals surface area contributed by atoms with E-state index in [0.717, 1.165) is 17.8 Å². The summed E-state index contributed by atoms with van der Waals surface area (Å²) in [5.41, 5.74) is 0.470. The largest absolute Gasteiger partial charge is 0.288 e. The first-order chi connectivity index (χ1) is 7.09. The van der Waals surface area contributed by atoms with Gasteiger partial charge in [0.15, 0.2) is 10.9 Å². The number of thioether (sulfide) groups is 1. The third-order valence-electron chi connectivity index (χ3n) is 1.51. The topological polar surface area (TPSA) is 30.0 Å². The molecule has 80 valence electrons.